The van der Waals surface area contributed by atoms with E-state index in [0.717, 1.165) is 29.3 Å². The molecule has 4 heteroatoms. The third kappa shape index (κ3) is 4.02. The molecule has 0 bridgehead atoms. The molecule has 0 atom stereocenters. The van der Waals surface area contributed by atoms with Crippen LogP contribution in [0.3, 0.4) is 0 Å². The molecule has 2 aromatic heterocycles. The van der Waals surface area contributed by atoms with Crippen LogP contribution in [0.2, 0.25) is 0 Å². The Morgan fingerprint density at radius 3 is 2.74 bits per heavy atom. The van der Waals surface area contributed by atoms with Gasteiger partial charge in [-0.05, 0) is 24.0 Å². The Morgan fingerprint density at radius 2 is 2.11 bits per heavy atom. The number of nitrogens with one attached hydrogen (secondary N) is 1. The lowest BCUT2D eigenvalue weighted by molar-refractivity contribution is 0.631. The molecular formula is C15H20N4. The summed E-state index contributed by atoms with van der Waals surface area (Å²) in [6.45, 7) is 4.39. The molecule has 0 aliphatic heterocycles. The van der Waals surface area contributed by atoms with E-state index in [0.29, 0.717) is 12.3 Å². The predicted octanol–water partition coefficient (Wildman–Crippen LogP) is 2.70. The molecule has 0 amide bonds. The van der Waals surface area contributed by atoms with Crippen molar-refractivity contribution in [1.29, 1.82) is 0 Å². The summed E-state index contributed by atoms with van der Waals surface area (Å²) < 4.78 is 0. The Kier molecular flexibility index (Phi) is 4.44. The Hall–Kier alpha value is -1.97. The predicted molar refractivity (Wildman–Crippen MR) is 77.2 cm³/mol. The molecular weight excluding hydrogens is 236 g/mol. The van der Waals surface area contributed by atoms with Crippen LogP contribution in [0.5, 0.6) is 0 Å². The molecule has 0 radical (unpaired) electrons. The minimum atomic E-state index is 0.589. The molecule has 0 spiro atoms. The molecule has 1 N–H and O–H groups in total. The first kappa shape index (κ1) is 13.5. The molecule has 0 fully saturated rings. The van der Waals surface area contributed by atoms with Gasteiger partial charge >= 0.3 is 0 Å². The zero-order valence-electron chi connectivity index (χ0n) is 11.7. The highest BCUT2D eigenvalue weighted by molar-refractivity contribution is 5.36. The van der Waals surface area contributed by atoms with Gasteiger partial charge in [-0.15, -0.1) is 0 Å². The van der Waals surface area contributed by atoms with Crippen LogP contribution in [0.4, 0.5) is 5.82 Å². The first-order chi connectivity index (χ1) is 9.17. The van der Waals surface area contributed by atoms with Crippen molar-refractivity contribution >= 4 is 5.82 Å². The summed E-state index contributed by atoms with van der Waals surface area (Å²) in [5.41, 5.74) is 2.22. The average molecular weight is 256 g/mol. The van der Waals surface area contributed by atoms with E-state index in [1.807, 2.05) is 31.4 Å². The number of nitrogens with zero attached hydrogens (tertiary/aromatic N) is 3. The first-order valence-electron chi connectivity index (χ1n) is 6.61. The maximum atomic E-state index is 4.64. The highest BCUT2D eigenvalue weighted by Crippen LogP contribution is 2.13. The number of rotatable bonds is 5. The highest BCUT2D eigenvalue weighted by Gasteiger charge is 2.06. The molecule has 19 heavy (non-hydrogen) atoms. The van der Waals surface area contributed by atoms with Crippen LogP contribution in [0.1, 0.15) is 30.9 Å². The smallest absolute Gasteiger partial charge is 0.135 e. The largest absolute Gasteiger partial charge is 0.373 e. The van der Waals surface area contributed by atoms with E-state index in [4.69, 9.17) is 0 Å². The minimum Gasteiger partial charge on any atom is -0.373 e. The fraction of sp³-hybridized carbons (Fsp3) is 0.400. The van der Waals surface area contributed by atoms with Crippen molar-refractivity contribution in [3.05, 3.63) is 47.7 Å². The van der Waals surface area contributed by atoms with Gasteiger partial charge in [0, 0.05) is 37.6 Å². The summed E-state index contributed by atoms with van der Waals surface area (Å²) in [4.78, 5) is 13.3. The zero-order chi connectivity index (χ0) is 13.7. The molecule has 2 rings (SSSR count). The Morgan fingerprint density at radius 1 is 1.26 bits per heavy atom. The van der Waals surface area contributed by atoms with Crippen molar-refractivity contribution in [2.45, 2.75) is 26.7 Å². The van der Waals surface area contributed by atoms with Crippen LogP contribution in [0.25, 0.3) is 0 Å². The monoisotopic (exact) mass is 256 g/mol. The van der Waals surface area contributed by atoms with Crippen molar-refractivity contribution in [3.8, 4) is 0 Å². The van der Waals surface area contributed by atoms with E-state index < -0.39 is 0 Å². The molecule has 0 unspecified atom stereocenters. The molecule has 2 heterocycles. The number of pyridine rings is 1. The van der Waals surface area contributed by atoms with E-state index >= 15 is 0 Å². The topological polar surface area (TPSA) is 50.7 Å². The van der Waals surface area contributed by atoms with Crippen LogP contribution >= 0.6 is 0 Å². The molecule has 0 saturated heterocycles. The molecule has 0 aromatic carbocycles. The van der Waals surface area contributed by atoms with E-state index in [-0.39, 0.29) is 0 Å². The van der Waals surface area contributed by atoms with Crippen molar-refractivity contribution in [3.63, 3.8) is 0 Å². The van der Waals surface area contributed by atoms with Gasteiger partial charge in [-0.1, -0.05) is 19.9 Å². The first-order valence-corrected chi connectivity index (χ1v) is 6.61. The fourth-order valence-electron chi connectivity index (χ4n) is 1.97. The van der Waals surface area contributed by atoms with Crippen molar-refractivity contribution in [1.82, 2.24) is 15.0 Å². The number of hydrogen-bond donors (Lipinski definition) is 1. The lowest BCUT2D eigenvalue weighted by atomic mass is 10.1. The second kappa shape index (κ2) is 6.27. The molecule has 0 aliphatic rings. The maximum Gasteiger partial charge on any atom is 0.135 e. The normalized spacial score (nSPS) is 10.7. The van der Waals surface area contributed by atoms with Crippen molar-refractivity contribution in [2.75, 3.05) is 12.4 Å². The lowest BCUT2D eigenvalue weighted by Gasteiger charge is -2.09. The highest BCUT2D eigenvalue weighted by atomic mass is 15.0. The quantitative estimate of drug-likeness (QED) is 0.893. The molecule has 100 valence electrons. The molecule has 2 aromatic rings. The summed E-state index contributed by atoms with van der Waals surface area (Å²) in [6.07, 6.45) is 5.32. The number of aromatic nitrogens is 3. The zero-order valence-corrected chi connectivity index (χ0v) is 11.7. The van der Waals surface area contributed by atoms with E-state index in [9.17, 15) is 0 Å². The Labute approximate surface area is 114 Å². The van der Waals surface area contributed by atoms with Gasteiger partial charge in [0.15, 0.2) is 0 Å². The Bertz CT molecular complexity index is 523. The van der Waals surface area contributed by atoms with Gasteiger partial charge in [-0.3, -0.25) is 4.98 Å². The van der Waals surface area contributed by atoms with Crippen LogP contribution in [0, 0.1) is 5.92 Å². The summed E-state index contributed by atoms with van der Waals surface area (Å²) in [5, 5.41) is 3.10. The van der Waals surface area contributed by atoms with E-state index in [1.165, 1.54) is 0 Å². The molecule has 0 saturated carbocycles. The maximum absolute atomic E-state index is 4.64. The van der Waals surface area contributed by atoms with Gasteiger partial charge in [0.25, 0.3) is 0 Å². The van der Waals surface area contributed by atoms with Crippen molar-refractivity contribution < 1.29 is 0 Å². The van der Waals surface area contributed by atoms with Gasteiger partial charge in [0.05, 0.1) is 0 Å². The van der Waals surface area contributed by atoms with Gasteiger partial charge < -0.3 is 5.32 Å². The van der Waals surface area contributed by atoms with Gasteiger partial charge in [0.1, 0.15) is 11.6 Å². The number of anilines is 1. The summed E-state index contributed by atoms with van der Waals surface area (Å²) in [6, 6.07) is 6.00. The van der Waals surface area contributed by atoms with Gasteiger partial charge in [-0.2, -0.15) is 0 Å². The Balaban J connectivity index is 2.24. The standard InChI is InChI=1S/C15H20N4/c1-11(2)7-13-9-14(16-3)19-15(18-13)8-12-5-4-6-17-10-12/h4-6,9-11H,7-8H2,1-3H3,(H,16,18,19). The summed E-state index contributed by atoms with van der Waals surface area (Å²) >= 11 is 0. The molecule has 4 nitrogen and oxygen atoms in total. The summed E-state index contributed by atoms with van der Waals surface area (Å²) in [7, 11) is 1.88. The number of hydrogen-bond acceptors (Lipinski definition) is 4. The molecule has 0 aliphatic carbocycles. The third-order valence-electron chi connectivity index (χ3n) is 2.78. The van der Waals surface area contributed by atoms with Gasteiger partial charge in [0.2, 0.25) is 0 Å². The van der Waals surface area contributed by atoms with Crippen LogP contribution in [0.15, 0.2) is 30.6 Å². The van der Waals surface area contributed by atoms with Gasteiger partial charge in [-0.25, -0.2) is 9.97 Å². The fourth-order valence-corrected chi connectivity index (χ4v) is 1.97. The summed E-state index contributed by atoms with van der Waals surface area (Å²) in [5.74, 6) is 2.31. The average Bonchev–Trinajstić information content (AvgIpc) is 2.38. The van der Waals surface area contributed by atoms with Crippen LogP contribution < -0.4 is 5.32 Å². The third-order valence-corrected chi connectivity index (χ3v) is 2.78. The van der Waals surface area contributed by atoms with Crippen LogP contribution in [-0.4, -0.2) is 22.0 Å². The van der Waals surface area contributed by atoms with Crippen molar-refractivity contribution in [2.24, 2.45) is 5.92 Å². The SMILES string of the molecule is CNc1cc(CC(C)C)nc(Cc2cccnc2)n1. The minimum absolute atomic E-state index is 0.589. The van der Waals surface area contributed by atoms with Crippen LogP contribution in [-0.2, 0) is 12.8 Å². The second-order valence-electron chi connectivity index (χ2n) is 5.05. The van der Waals surface area contributed by atoms with E-state index in [1.54, 1.807) is 6.20 Å². The van der Waals surface area contributed by atoms with E-state index in [2.05, 4.69) is 34.1 Å². The second-order valence-corrected chi connectivity index (χ2v) is 5.05. The lowest BCUT2D eigenvalue weighted by Crippen LogP contribution is -2.06.